The van der Waals surface area contributed by atoms with E-state index in [0.29, 0.717) is 24.2 Å². The van der Waals surface area contributed by atoms with Crippen LogP contribution < -0.4 is 15.4 Å². The molecule has 2 rings (SSSR count). The van der Waals surface area contributed by atoms with Gasteiger partial charge in [0.1, 0.15) is 5.82 Å². The maximum atomic E-state index is 5.92. The highest BCUT2D eigenvalue weighted by Crippen LogP contribution is 2.30. The molecule has 0 radical (unpaired) electrons. The Morgan fingerprint density at radius 2 is 2.00 bits per heavy atom. The molecule has 0 bridgehead atoms. The average molecular weight is 277 g/mol. The molecular formula is C16H27N3O. The second kappa shape index (κ2) is 6.82. The van der Waals surface area contributed by atoms with Gasteiger partial charge in [-0.05, 0) is 50.2 Å². The van der Waals surface area contributed by atoms with Gasteiger partial charge in [0, 0.05) is 13.1 Å². The fourth-order valence-electron chi connectivity index (χ4n) is 2.77. The third-order valence-electron chi connectivity index (χ3n) is 4.21. The predicted octanol–water partition coefficient (Wildman–Crippen LogP) is 3.47. The summed E-state index contributed by atoms with van der Waals surface area (Å²) in [4.78, 5) is 6.86. The van der Waals surface area contributed by atoms with E-state index in [-0.39, 0.29) is 0 Å². The lowest BCUT2D eigenvalue weighted by Crippen LogP contribution is -2.35. The molecule has 1 aromatic heterocycles. The van der Waals surface area contributed by atoms with Gasteiger partial charge in [-0.25, -0.2) is 0 Å². The van der Waals surface area contributed by atoms with Crippen molar-refractivity contribution in [3.05, 3.63) is 12.1 Å². The Kier molecular flexibility index (Phi) is 5.10. The lowest BCUT2D eigenvalue weighted by atomic mass is 9.87. The Bertz CT molecular complexity index is 428. The zero-order valence-electron chi connectivity index (χ0n) is 12.9. The molecule has 1 aromatic rings. The number of ether oxygens (including phenoxy) is 1. The number of nitrogens with two attached hydrogens (primary N) is 1. The number of aromatic nitrogens is 1. The zero-order chi connectivity index (χ0) is 14.5. The highest BCUT2D eigenvalue weighted by molar-refractivity contribution is 5.54. The van der Waals surface area contributed by atoms with Gasteiger partial charge < -0.3 is 15.4 Å². The molecule has 0 atom stereocenters. The van der Waals surface area contributed by atoms with E-state index in [1.165, 1.54) is 25.7 Å². The number of rotatable bonds is 5. The second-order valence-electron chi connectivity index (χ2n) is 5.94. The quantitative estimate of drug-likeness (QED) is 0.895. The SMILES string of the molecule is CCCOc1nc(N(C)C2CCC(C)CC2)ccc1N. The van der Waals surface area contributed by atoms with E-state index in [2.05, 4.69) is 30.8 Å². The molecule has 1 saturated carbocycles. The number of pyridine rings is 1. The Labute approximate surface area is 122 Å². The third-order valence-corrected chi connectivity index (χ3v) is 4.21. The third kappa shape index (κ3) is 3.56. The molecule has 0 aromatic carbocycles. The number of nitrogen functional groups attached to an aromatic ring is 1. The fraction of sp³-hybridized carbons (Fsp3) is 0.688. The summed E-state index contributed by atoms with van der Waals surface area (Å²) in [7, 11) is 2.13. The average Bonchev–Trinajstić information content (AvgIpc) is 2.46. The van der Waals surface area contributed by atoms with Gasteiger partial charge in [-0.15, -0.1) is 0 Å². The van der Waals surface area contributed by atoms with Crippen LogP contribution in [-0.4, -0.2) is 24.7 Å². The number of anilines is 2. The van der Waals surface area contributed by atoms with Gasteiger partial charge in [-0.1, -0.05) is 13.8 Å². The normalized spacial score (nSPS) is 22.6. The Morgan fingerprint density at radius 3 is 2.65 bits per heavy atom. The van der Waals surface area contributed by atoms with E-state index in [1.807, 2.05) is 12.1 Å². The minimum Gasteiger partial charge on any atom is -0.476 e. The molecule has 20 heavy (non-hydrogen) atoms. The van der Waals surface area contributed by atoms with E-state index >= 15 is 0 Å². The smallest absolute Gasteiger partial charge is 0.239 e. The van der Waals surface area contributed by atoms with Crippen LogP contribution in [0.25, 0.3) is 0 Å². The molecule has 0 amide bonds. The first kappa shape index (κ1) is 14.9. The van der Waals surface area contributed by atoms with Crippen LogP contribution >= 0.6 is 0 Å². The van der Waals surface area contributed by atoms with Crippen molar-refractivity contribution < 1.29 is 4.74 Å². The van der Waals surface area contributed by atoms with Crippen LogP contribution in [0.5, 0.6) is 5.88 Å². The van der Waals surface area contributed by atoms with Crippen LogP contribution in [0.2, 0.25) is 0 Å². The van der Waals surface area contributed by atoms with Gasteiger partial charge in [-0.2, -0.15) is 4.98 Å². The van der Waals surface area contributed by atoms with Crippen molar-refractivity contribution in [3.8, 4) is 5.88 Å². The van der Waals surface area contributed by atoms with Crippen LogP contribution in [0.1, 0.15) is 46.0 Å². The predicted molar refractivity (Wildman–Crippen MR) is 84.3 cm³/mol. The maximum Gasteiger partial charge on any atom is 0.239 e. The van der Waals surface area contributed by atoms with Crippen molar-refractivity contribution in [1.29, 1.82) is 0 Å². The summed E-state index contributed by atoms with van der Waals surface area (Å²) in [5.41, 5.74) is 6.54. The van der Waals surface area contributed by atoms with Crippen molar-refractivity contribution >= 4 is 11.5 Å². The lowest BCUT2D eigenvalue weighted by Gasteiger charge is -2.34. The number of nitrogens with zero attached hydrogens (tertiary/aromatic N) is 2. The van der Waals surface area contributed by atoms with Gasteiger partial charge in [0.15, 0.2) is 0 Å². The molecule has 0 aliphatic heterocycles. The summed E-state index contributed by atoms with van der Waals surface area (Å²) < 4.78 is 5.62. The topological polar surface area (TPSA) is 51.4 Å². The molecule has 0 spiro atoms. The first-order valence-electron chi connectivity index (χ1n) is 7.74. The van der Waals surface area contributed by atoms with Crippen LogP contribution in [-0.2, 0) is 0 Å². The minimum atomic E-state index is 0.570. The summed E-state index contributed by atoms with van der Waals surface area (Å²) in [5, 5.41) is 0. The van der Waals surface area contributed by atoms with Gasteiger partial charge in [-0.3, -0.25) is 0 Å². The molecule has 112 valence electrons. The molecule has 1 heterocycles. The van der Waals surface area contributed by atoms with Crippen molar-refractivity contribution in [2.75, 3.05) is 24.3 Å². The number of hydrogen-bond donors (Lipinski definition) is 1. The summed E-state index contributed by atoms with van der Waals surface area (Å²) >= 11 is 0. The molecule has 0 unspecified atom stereocenters. The molecule has 0 saturated heterocycles. The van der Waals surface area contributed by atoms with Crippen molar-refractivity contribution in [1.82, 2.24) is 4.98 Å². The largest absolute Gasteiger partial charge is 0.476 e. The highest BCUT2D eigenvalue weighted by Gasteiger charge is 2.23. The van der Waals surface area contributed by atoms with Crippen LogP contribution in [0.15, 0.2) is 12.1 Å². The van der Waals surface area contributed by atoms with E-state index in [0.717, 1.165) is 18.2 Å². The molecule has 2 N–H and O–H groups in total. The molecule has 1 fully saturated rings. The molecule has 4 heteroatoms. The monoisotopic (exact) mass is 277 g/mol. The van der Waals surface area contributed by atoms with Gasteiger partial charge in [0.25, 0.3) is 0 Å². The van der Waals surface area contributed by atoms with E-state index in [1.54, 1.807) is 0 Å². The first-order valence-corrected chi connectivity index (χ1v) is 7.74. The second-order valence-corrected chi connectivity index (χ2v) is 5.94. The summed E-state index contributed by atoms with van der Waals surface area (Å²) in [6, 6.07) is 4.47. The standard InChI is InChI=1S/C16H27N3O/c1-4-11-20-16-14(17)9-10-15(18-16)19(3)13-7-5-12(2)6-8-13/h9-10,12-13H,4-8,11,17H2,1-3H3. The van der Waals surface area contributed by atoms with Crippen LogP contribution in [0.4, 0.5) is 11.5 Å². The van der Waals surface area contributed by atoms with E-state index in [9.17, 15) is 0 Å². The van der Waals surface area contributed by atoms with Crippen LogP contribution in [0.3, 0.4) is 0 Å². The Morgan fingerprint density at radius 1 is 1.30 bits per heavy atom. The highest BCUT2D eigenvalue weighted by atomic mass is 16.5. The zero-order valence-corrected chi connectivity index (χ0v) is 12.9. The van der Waals surface area contributed by atoms with E-state index in [4.69, 9.17) is 10.5 Å². The van der Waals surface area contributed by atoms with Gasteiger partial charge >= 0.3 is 0 Å². The maximum absolute atomic E-state index is 5.92. The Balaban J connectivity index is 2.07. The van der Waals surface area contributed by atoms with Crippen molar-refractivity contribution in [2.45, 2.75) is 52.0 Å². The Hall–Kier alpha value is -1.45. The summed E-state index contributed by atoms with van der Waals surface area (Å²) in [6.45, 7) is 5.08. The minimum absolute atomic E-state index is 0.570. The molecule has 1 aliphatic rings. The first-order chi connectivity index (χ1) is 9.61. The summed E-state index contributed by atoms with van der Waals surface area (Å²) in [5.74, 6) is 2.40. The molecular weight excluding hydrogens is 250 g/mol. The number of hydrogen-bond acceptors (Lipinski definition) is 4. The molecule has 4 nitrogen and oxygen atoms in total. The van der Waals surface area contributed by atoms with Crippen molar-refractivity contribution in [3.63, 3.8) is 0 Å². The molecule has 1 aliphatic carbocycles. The van der Waals surface area contributed by atoms with Gasteiger partial charge in [0.2, 0.25) is 5.88 Å². The lowest BCUT2D eigenvalue weighted by molar-refractivity contribution is 0.306. The van der Waals surface area contributed by atoms with Crippen LogP contribution in [0, 0.1) is 5.92 Å². The van der Waals surface area contributed by atoms with Crippen molar-refractivity contribution in [2.24, 2.45) is 5.92 Å². The van der Waals surface area contributed by atoms with E-state index < -0.39 is 0 Å². The fourth-order valence-corrected chi connectivity index (χ4v) is 2.77. The van der Waals surface area contributed by atoms with Gasteiger partial charge in [0.05, 0.1) is 12.3 Å². The summed E-state index contributed by atoms with van der Waals surface area (Å²) in [6.07, 6.45) is 6.07.